The van der Waals surface area contributed by atoms with Crippen LogP contribution in [0.5, 0.6) is 0 Å². The zero-order valence-corrected chi connectivity index (χ0v) is 17.9. The molecule has 0 bridgehead atoms. The Bertz CT molecular complexity index is 772. The van der Waals surface area contributed by atoms with Crippen LogP contribution < -0.4 is 10.6 Å². The van der Waals surface area contributed by atoms with Crippen LogP contribution in [-0.2, 0) is 6.54 Å². The number of carbonyl (C=O) groups excluding carboxylic acids is 1. The molecule has 2 N–H and O–H groups in total. The molecule has 7 nitrogen and oxygen atoms in total. The molecule has 2 aliphatic heterocycles. The summed E-state index contributed by atoms with van der Waals surface area (Å²) in [6.07, 6.45) is 6.72. The van der Waals surface area contributed by atoms with Crippen molar-refractivity contribution in [3.63, 3.8) is 0 Å². The van der Waals surface area contributed by atoms with Gasteiger partial charge in [-0.2, -0.15) is 5.10 Å². The summed E-state index contributed by atoms with van der Waals surface area (Å²) in [5.74, 6) is 0.566. The standard InChI is InChI=1S/C19H28N6OS.ClH/c1-14-4-3-8-24(11-14)12-15-13-27-19(21-15)22-18(26)17-6-9-25(23-17)16-5-2-7-20-10-16;/h6,9,13-14,16,20H,2-5,7-8,10-12H2,1H3,(H,21,22,26);1H. The summed E-state index contributed by atoms with van der Waals surface area (Å²) in [5.41, 5.74) is 1.48. The molecule has 28 heavy (non-hydrogen) atoms. The van der Waals surface area contributed by atoms with Gasteiger partial charge in [0.15, 0.2) is 10.8 Å². The summed E-state index contributed by atoms with van der Waals surface area (Å²) in [4.78, 5) is 19.6. The number of aromatic nitrogens is 3. The van der Waals surface area contributed by atoms with Crippen molar-refractivity contribution in [3.05, 3.63) is 29.0 Å². The molecule has 9 heteroatoms. The number of hydrogen-bond donors (Lipinski definition) is 2. The Morgan fingerprint density at radius 2 is 2.29 bits per heavy atom. The molecule has 0 aromatic carbocycles. The monoisotopic (exact) mass is 424 g/mol. The van der Waals surface area contributed by atoms with Gasteiger partial charge in [-0.05, 0) is 50.8 Å². The van der Waals surface area contributed by atoms with E-state index in [1.54, 1.807) is 6.07 Å². The minimum Gasteiger partial charge on any atom is -0.315 e. The van der Waals surface area contributed by atoms with Gasteiger partial charge < -0.3 is 5.32 Å². The molecule has 0 radical (unpaired) electrons. The number of hydrogen-bond acceptors (Lipinski definition) is 6. The maximum absolute atomic E-state index is 12.5. The zero-order chi connectivity index (χ0) is 18.6. The number of nitrogens with one attached hydrogen (secondary N) is 2. The van der Waals surface area contributed by atoms with Crippen molar-refractivity contribution in [1.82, 2.24) is 25.0 Å². The number of nitrogens with zero attached hydrogens (tertiary/aromatic N) is 4. The molecule has 2 unspecified atom stereocenters. The molecule has 0 saturated carbocycles. The second kappa shape index (κ2) is 9.82. The number of rotatable bonds is 5. The smallest absolute Gasteiger partial charge is 0.277 e. The van der Waals surface area contributed by atoms with Crippen molar-refractivity contribution in [2.75, 3.05) is 31.5 Å². The summed E-state index contributed by atoms with van der Waals surface area (Å²) in [6, 6.07) is 2.12. The lowest BCUT2D eigenvalue weighted by atomic mass is 10.0. The Morgan fingerprint density at radius 3 is 3.07 bits per heavy atom. The lowest BCUT2D eigenvalue weighted by Gasteiger charge is -2.30. The number of thiazole rings is 1. The maximum atomic E-state index is 12.5. The van der Waals surface area contributed by atoms with Gasteiger partial charge in [0.2, 0.25) is 0 Å². The molecule has 4 heterocycles. The fraction of sp³-hybridized carbons (Fsp3) is 0.632. The molecule has 0 aliphatic carbocycles. The second-order valence-electron chi connectivity index (χ2n) is 7.76. The minimum atomic E-state index is -0.190. The number of likely N-dealkylation sites (tertiary alicyclic amines) is 1. The number of piperidine rings is 2. The Hall–Kier alpha value is -1.48. The van der Waals surface area contributed by atoms with E-state index in [0.717, 1.165) is 57.2 Å². The highest BCUT2D eigenvalue weighted by Crippen LogP contribution is 2.21. The molecular weight excluding hydrogens is 396 g/mol. The number of amides is 1. The van der Waals surface area contributed by atoms with E-state index in [4.69, 9.17) is 0 Å². The van der Waals surface area contributed by atoms with E-state index in [9.17, 15) is 4.79 Å². The van der Waals surface area contributed by atoms with Crippen LogP contribution in [0.3, 0.4) is 0 Å². The predicted octanol–water partition coefficient (Wildman–Crippen LogP) is 3.17. The van der Waals surface area contributed by atoms with Gasteiger partial charge in [-0.3, -0.25) is 19.7 Å². The summed E-state index contributed by atoms with van der Waals surface area (Å²) < 4.78 is 1.91. The van der Waals surface area contributed by atoms with E-state index in [-0.39, 0.29) is 18.3 Å². The van der Waals surface area contributed by atoms with E-state index in [1.165, 1.54) is 24.2 Å². The van der Waals surface area contributed by atoms with Crippen molar-refractivity contribution < 1.29 is 4.79 Å². The topological polar surface area (TPSA) is 75.1 Å². The lowest BCUT2D eigenvalue weighted by molar-refractivity contribution is 0.102. The molecule has 1 amide bonds. The summed E-state index contributed by atoms with van der Waals surface area (Å²) in [7, 11) is 0. The van der Waals surface area contributed by atoms with Gasteiger partial charge in [0.1, 0.15) is 0 Å². The van der Waals surface area contributed by atoms with Crippen molar-refractivity contribution in [1.29, 1.82) is 0 Å². The molecule has 2 atom stereocenters. The van der Waals surface area contributed by atoms with Crippen LogP contribution >= 0.6 is 23.7 Å². The largest absolute Gasteiger partial charge is 0.315 e. The lowest BCUT2D eigenvalue weighted by Crippen LogP contribution is -2.33. The first-order valence-corrected chi connectivity index (χ1v) is 10.8. The van der Waals surface area contributed by atoms with Gasteiger partial charge in [-0.15, -0.1) is 23.7 Å². The summed E-state index contributed by atoms with van der Waals surface area (Å²) in [6.45, 7) is 7.41. The molecule has 2 aliphatic rings. The van der Waals surface area contributed by atoms with Gasteiger partial charge >= 0.3 is 0 Å². The zero-order valence-electron chi connectivity index (χ0n) is 16.3. The van der Waals surface area contributed by atoms with Crippen molar-refractivity contribution in [2.24, 2.45) is 5.92 Å². The number of halogens is 1. The fourth-order valence-electron chi connectivity index (χ4n) is 3.98. The number of anilines is 1. The third-order valence-electron chi connectivity index (χ3n) is 5.38. The average molecular weight is 425 g/mol. The van der Waals surface area contributed by atoms with Crippen molar-refractivity contribution in [2.45, 2.75) is 45.2 Å². The maximum Gasteiger partial charge on any atom is 0.277 e. The normalized spacial score (nSPS) is 23.2. The van der Waals surface area contributed by atoms with Crippen LogP contribution in [0.1, 0.15) is 54.8 Å². The fourth-order valence-corrected chi connectivity index (χ4v) is 4.68. The van der Waals surface area contributed by atoms with Crippen LogP contribution in [0.2, 0.25) is 0 Å². The molecular formula is C19H29ClN6OS. The van der Waals surface area contributed by atoms with E-state index in [1.807, 2.05) is 16.3 Å². The van der Waals surface area contributed by atoms with E-state index < -0.39 is 0 Å². The van der Waals surface area contributed by atoms with Gasteiger partial charge in [0.25, 0.3) is 5.91 Å². The average Bonchev–Trinajstić information content (AvgIpc) is 3.32. The highest BCUT2D eigenvalue weighted by Gasteiger charge is 2.20. The molecule has 154 valence electrons. The van der Waals surface area contributed by atoms with Gasteiger partial charge in [0.05, 0.1) is 11.7 Å². The Morgan fingerprint density at radius 1 is 1.39 bits per heavy atom. The van der Waals surface area contributed by atoms with Gasteiger partial charge in [0, 0.05) is 31.2 Å². The quantitative estimate of drug-likeness (QED) is 0.771. The van der Waals surface area contributed by atoms with Crippen molar-refractivity contribution in [3.8, 4) is 0 Å². The third kappa shape index (κ3) is 5.31. The third-order valence-corrected chi connectivity index (χ3v) is 6.19. The highest BCUT2D eigenvalue weighted by atomic mass is 35.5. The highest BCUT2D eigenvalue weighted by molar-refractivity contribution is 7.13. The molecule has 2 fully saturated rings. The van der Waals surface area contributed by atoms with E-state index in [0.29, 0.717) is 16.9 Å². The molecule has 2 aromatic heterocycles. The Balaban J connectivity index is 0.00000225. The van der Waals surface area contributed by atoms with E-state index >= 15 is 0 Å². The first-order valence-electron chi connectivity index (χ1n) is 9.91. The predicted molar refractivity (Wildman–Crippen MR) is 114 cm³/mol. The van der Waals surface area contributed by atoms with Crippen LogP contribution in [0.25, 0.3) is 0 Å². The Labute approximate surface area is 176 Å². The number of carbonyl (C=O) groups is 1. The van der Waals surface area contributed by atoms with Crippen molar-refractivity contribution >= 4 is 34.8 Å². The van der Waals surface area contributed by atoms with Gasteiger partial charge in [-0.1, -0.05) is 6.92 Å². The SMILES string of the molecule is CC1CCCN(Cc2csc(NC(=O)c3ccn(C4CCCNC4)n3)n2)C1.Cl. The summed E-state index contributed by atoms with van der Waals surface area (Å²) in [5, 5.41) is 13.4. The molecule has 0 spiro atoms. The first kappa shape index (κ1) is 21.2. The molecule has 2 saturated heterocycles. The van der Waals surface area contributed by atoms with Crippen LogP contribution in [0.15, 0.2) is 17.6 Å². The molecule has 4 rings (SSSR count). The van der Waals surface area contributed by atoms with Crippen LogP contribution in [-0.4, -0.2) is 51.8 Å². The van der Waals surface area contributed by atoms with E-state index in [2.05, 4.69) is 32.5 Å². The summed E-state index contributed by atoms with van der Waals surface area (Å²) >= 11 is 1.48. The Kier molecular flexibility index (Phi) is 7.45. The van der Waals surface area contributed by atoms with Crippen LogP contribution in [0.4, 0.5) is 5.13 Å². The first-order chi connectivity index (χ1) is 13.2. The van der Waals surface area contributed by atoms with Crippen LogP contribution in [0, 0.1) is 5.92 Å². The van der Waals surface area contributed by atoms with Gasteiger partial charge in [-0.25, -0.2) is 4.98 Å². The minimum absolute atomic E-state index is 0. The second-order valence-corrected chi connectivity index (χ2v) is 8.62. The molecule has 2 aromatic rings.